The summed E-state index contributed by atoms with van der Waals surface area (Å²) in [5.74, 6) is 1.49. The van der Waals surface area contributed by atoms with Crippen molar-refractivity contribution in [1.29, 1.82) is 0 Å². The van der Waals surface area contributed by atoms with Crippen molar-refractivity contribution in [2.24, 2.45) is 0 Å². The molecule has 1 amide bonds. The second-order valence-electron chi connectivity index (χ2n) is 6.48. The minimum absolute atomic E-state index is 0.130. The predicted molar refractivity (Wildman–Crippen MR) is 115 cm³/mol. The SMILES string of the molecule is CCCN(CC(=O)Nc1ccccc1OC)Cc1nc(-c2cccc(Br)c2)no1. The number of benzene rings is 2. The van der Waals surface area contributed by atoms with Gasteiger partial charge in [0.15, 0.2) is 0 Å². The minimum atomic E-state index is -0.130. The molecule has 0 aliphatic heterocycles. The van der Waals surface area contributed by atoms with Crippen molar-refractivity contribution in [2.45, 2.75) is 19.9 Å². The van der Waals surface area contributed by atoms with E-state index < -0.39 is 0 Å². The average molecular weight is 459 g/mol. The van der Waals surface area contributed by atoms with Crippen molar-refractivity contribution >= 4 is 27.5 Å². The standard InChI is InChI=1S/C21H23BrN4O3/c1-3-11-26(13-19(27)23-17-9-4-5-10-18(17)28-2)14-20-24-21(25-29-20)15-7-6-8-16(22)12-15/h4-10,12H,3,11,13-14H2,1-2H3,(H,23,27). The Balaban J connectivity index is 1.65. The number of carbonyl (C=O) groups excluding carboxylic acids is 1. The predicted octanol–water partition coefficient (Wildman–Crippen LogP) is 4.36. The van der Waals surface area contributed by atoms with E-state index in [-0.39, 0.29) is 12.5 Å². The van der Waals surface area contributed by atoms with Gasteiger partial charge < -0.3 is 14.6 Å². The van der Waals surface area contributed by atoms with E-state index >= 15 is 0 Å². The van der Waals surface area contributed by atoms with E-state index in [1.165, 1.54) is 0 Å². The summed E-state index contributed by atoms with van der Waals surface area (Å²) < 4.78 is 11.6. The molecule has 1 N–H and O–H groups in total. The Morgan fingerprint density at radius 2 is 2.07 bits per heavy atom. The van der Waals surface area contributed by atoms with Crippen molar-refractivity contribution in [3.63, 3.8) is 0 Å². The Morgan fingerprint density at radius 3 is 2.83 bits per heavy atom. The molecule has 0 spiro atoms. The number of hydrogen-bond donors (Lipinski definition) is 1. The Kier molecular flexibility index (Phi) is 7.37. The van der Waals surface area contributed by atoms with Crippen LogP contribution in [0.4, 0.5) is 5.69 Å². The summed E-state index contributed by atoms with van der Waals surface area (Å²) in [6, 6.07) is 15.0. The average Bonchev–Trinajstić information content (AvgIpc) is 3.17. The van der Waals surface area contributed by atoms with Crippen LogP contribution < -0.4 is 10.1 Å². The summed E-state index contributed by atoms with van der Waals surface area (Å²) in [6.07, 6.45) is 0.897. The van der Waals surface area contributed by atoms with Crippen molar-refractivity contribution in [3.8, 4) is 17.1 Å². The van der Waals surface area contributed by atoms with Crippen LogP contribution in [0.3, 0.4) is 0 Å². The third kappa shape index (κ3) is 5.88. The van der Waals surface area contributed by atoms with Gasteiger partial charge in [-0.3, -0.25) is 9.69 Å². The van der Waals surface area contributed by atoms with Crippen LogP contribution in [0, 0.1) is 0 Å². The van der Waals surface area contributed by atoms with E-state index in [9.17, 15) is 4.79 Å². The lowest BCUT2D eigenvalue weighted by Gasteiger charge is -2.19. The Bertz CT molecular complexity index is 960. The fourth-order valence-electron chi connectivity index (χ4n) is 2.93. The van der Waals surface area contributed by atoms with Gasteiger partial charge in [-0.1, -0.05) is 52.3 Å². The molecule has 0 unspecified atom stereocenters. The van der Waals surface area contributed by atoms with Gasteiger partial charge in [0.2, 0.25) is 17.6 Å². The molecule has 0 radical (unpaired) electrons. The van der Waals surface area contributed by atoms with Gasteiger partial charge in [0, 0.05) is 10.0 Å². The molecule has 29 heavy (non-hydrogen) atoms. The van der Waals surface area contributed by atoms with Crippen LogP contribution in [-0.4, -0.2) is 41.1 Å². The van der Waals surface area contributed by atoms with Crippen molar-refractivity contribution < 1.29 is 14.1 Å². The zero-order valence-corrected chi connectivity index (χ0v) is 18.0. The van der Waals surface area contributed by atoms with Crippen molar-refractivity contribution in [1.82, 2.24) is 15.0 Å². The van der Waals surface area contributed by atoms with E-state index in [0.717, 1.165) is 23.0 Å². The Morgan fingerprint density at radius 1 is 1.24 bits per heavy atom. The highest BCUT2D eigenvalue weighted by Gasteiger charge is 2.16. The first-order chi connectivity index (χ1) is 14.1. The maximum Gasteiger partial charge on any atom is 0.241 e. The quantitative estimate of drug-likeness (QED) is 0.512. The highest BCUT2D eigenvalue weighted by Crippen LogP contribution is 2.23. The zero-order valence-electron chi connectivity index (χ0n) is 16.4. The third-order valence-electron chi connectivity index (χ3n) is 4.20. The summed E-state index contributed by atoms with van der Waals surface area (Å²) in [5, 5.41) is 6.96. The number of amides is 1. The lowest BCUT2D eigenvalue weighted by atomic mass is 10.2. The van der Waals surface area contributed by atoms with E-state index in [2.05, 4.69) is 38.3 Å². The molecule has 3 rings (SSSR count). The molecular formula is C21H23BrN4O3. The van der Waals surface area contributed by atoms with Crippen LogP contribution in [0.25, 0.3) is 11.4 Å². The van der Waals surface area contributed by atoms with Crippen molar-refractivity contribution in [2.75, 3.05) is 25.5 Å². The number of rotatable bonds is 9. The summed E-state index contributed by atoms with van der Waals surface area (Å²) in [7, 11) is 1.58. The van der Waals surface area contributed by atoms with Crippen LogP contribution in [0.1, 0.15) is 19.2 Å². The second kappa shape index (κ2) is 10.2. The monoisotopic (exact) mass is 458 g/mol. The summed E-state index contributed by atoms with van der Waals surface area (Å²) in [6.45, 7) is 3.40. The van der Waals surface area contributed by atoms with Crippen LogP contribution in [0.15, 0.2) is 57.5 Å². The highest BCUT2D eigenvalue weighted by molar-refractivity contribution is 9.10. The third-order valence-corrected chi connectivity index (χ3v) is 4.69. The second-order valence-corrected chi connectivity index (χ2v) is 7.40. The molecule has 0 bridgehead atoms. The lowest BCUT2D eigenvalue weighted by molar-refractivity contribution is -0.117. The van der Waals surface area contributed by atoms with Crippen LogP contribution in [0.2, 0.25) is 0 Å². The lowest BCUT2D eigenvalue weighted by Crippen LogP contribution is -2.33. The first-order valence-corrected chi connectivity index (χ1v) is 10.1. The van der Waals surface area contributed by atoms with Gasteiger partial charge in [0.25, 0.3) is 0 Å². The molecular weight excluding hydrogens is 436 g/mol. The van der Waals surface area contributed by atoms with E-state index in [0.29, 0.717) is 29.7 Å². The number of anilines is 1. The topological polar surface area (TPSA) is 80.5 Å². The number of ether oxygens (including phenoxy) is 1. The number of nitrogens with zero attached hydrogens (tertiary/aromatic N) is 3. The Labute approximate surface area is 178 Å². The van der Waals surface area contributed by atoms with E-state index in [1.807, 2.05) is 47.4 Å². The molecule has 1 aromatic heterocycles. The molecule has 7 nitrogen and oxygen atoms in total. The fraction of sp³-hybridized carbons (Fsp3) is 0.286. The summed E-state index contributed by atoms with van der Waals surface area (Å²) >= 11 is 3.44. The minimum Gasteiger partial charge on any atom is -0.495 e. The van der Waals surface area contributed by atoms with Crippen LogP contribution in [0.5, 0.6) is 5.75 Å². The number of hydrogen-bond acceptors (Lipinski definition) is 6. The normalized spacial score (nSPS) is 10.9. The van der Waals surface area contributed by atoms with Gasteiger partial charge in [-0.2, -0.15) is 4.98 Å². The smallest absolute Gasteiger partial charge is 0.241 e. The fourth-order valence-corrected chi connectivity index (χ4v) is 3.33. The molecule has 0 saturated heterocycles. The van der Waals surface area contributed by atoms with Gasteiger partial charge in [-0.15, -0.1) is 0 Å². The maximum absolute atomic E-state index is 12.5. The Hall–Kier alpha value is -2.71. The molecule has 0 fully saturated rings. The van der Waals surface area contributed by atoms with Crippen molar-refractivity contribution in [3.05, 3.63) is 58.9 Å². The molecule has 0 atom stereocenters. The zero-order chi connectivity index (χ0) is 20.6. The summed E-state index contributed by atoms with van der Waals surface area (Å²) in [4.78, 5) is 19.0. The molecule has 2 aromatic carbocycles. The number of halogens is 1. The van der Waals surface area contributed by atoms with E-state index in [4.69, 9.17) is 9.26 Å². The highest BCUT2D eigenvalue weighted by atomic mass is 79.9. The molecule has 0 saturated carbocycles. The summed E-state index contributed by atoms with van der Waals surface area (Å²) in [5.41, 5.74) is 1.51. The van der Waals surface area contributed by atoms with Gasteiger partial charge in [-0.05, 0) is 37.2 Å². The number of aromatic nitrogens is 2. The molecule has 152 valence electrons. The molecule has 1 heterocycles. The van der Waals surface area contributed by atoms with Crippen LogP contribution in [-0.2, 0) is 11.3 Å². The first-order valence-electron chi connectivity index (χ1n) is 9.32. The molecule has 0 aliphatic rings. The number of nitrogens with one attached hydrogen (secondary N) is 1. The molecule has 8 heteroatoms. The number of methoxy groups -OCH3 is 1. The van der Waals surface area contributed by atoms with Gasteiger partial charge >= 0.3 is 0 Å². The maximum atomic E-state index is 12.5. The number of para-hydroxylation sites is 2. The first kappa shape index (κ1) is 21.0. The van der Waals surface area contributed by atoms with Gasteiger partial charge in [-0.25, -0.2) is 0 Å². The van der Waals surface area contributed by atoms with Gasteiger partial charge in [0.1, 0.15) is 5.75 Å². The van der Waals surface area contributed by atoms with E-state index in [1.54, 1.807) is 13.2 Å². The van der Waals surface area contributed by atoms with Gasteiger partial charge in [0.05, 0.1) is 25.9 Å². The van der Waals surface area contributed by atoms with Crippen LogP contribution >= 0.6 is 15.9 Å². The molecule has 0 aliphatic carbocycles. The molecule has 3 aromatic rings. The number of carbonyl (C=O) groups is 1. The largest absolute Gasteiger partial charge is 0.495 e.